The molecule has 1 atom stereocenters. The predicted molar refractivity (Wildman–Crippen MR) is 131 cm³/mol. The highest BCUT2D eigenvalue weighted by Gasteiger charge is 2.20. The standard InChI is InChI=1S/C25H22ClN5O2/c1-13-11-17(15(3)27-19-9-10-20(26)28-21(19)25-29-31-30-25)24-18(12-13)22(32)14(2)23(33-24)16-7-5-4-6-8-16/h4-12,15,27,31H,1-3H3,(H,29,30)/t15-/m1/s1. The van der Waals surface area contributed by atoms with Crippen molar-refractivity contribution in [2.24, 2.45) is 0 Å². The third-order valence-electron chi connectivity index (χ3n) is 5.69. The van der Waals surface area contributed by atoms with Crippen molar-refractivity contribution in [3.63, 3.8) is 0 Å². The molecule has 0 amide bonds. The van der Waals surface area contributed by atoms with E-state index in [0.717, 1.165) is 22.4 Å². The van der Waals surface area contributed by atoms with Gasteiger partial charge in [0, 0.05) is 16.7 Å². The van der Waals surface area contributed by atoms with Crippen LogP contribution in [-0.4, -0.2) is 20.4 Å². The number of pyridine rings is 1. The second-order valence-corrected chi connectivity index (χ2v) is 8.46. The Bertz CT molecular complexity index is 1510. The average Bonchev–Trinajstić information content (AvgIpc) is 2.77. The highest BCUT2D eigenvalue weighted by molar-refractivity contribution is 6.29. The number of hydrogen-bond donors (Lipinski definition) is 3. The van der Waals surface area contributed by atoms with Crippen LogP contribution in [0.5, 0.6) is 0 Å². The van der Waals surface area contributed by atoms with E-state index in [0.29, 0.717) is 39.0 Å². The molecule has 166 valence electrons. The highest BCUT2D eigenvalue weighted by Crippen LogP contribution is 2.34. The van der Waals surface area contributed by atoms with Crippen LogP contribution in [0.1, 0.15) is 29.7 Å². The number of anilines is 1. The number of nitrogens with one attached hydrogen (secondary N) is 3. The molecule has 0 unspecified atom stereocenters. The lowest BCUT2D eigenvalue weighted by molar-refractivity contribution is 0.605. The summed E-state index contributed by atoms with van der Waals surface area (Å²) in [6.45, 7) is 5.80. The van der Waals surface area contributed by atoms with E-state index in [1.165, 1.54) is 0 Å². The van der Waals surface area contributed by atoms with Crippen LogP contribution in [0.25, 0.3) is 33.8 Å². The summed E-state index contributed by atoms with van der Waals surface area (Å²) in [5.41, 5.74) is 5.22. The van der Waals surface area contributed by atoms with Crippen LogP contribution in [0.2, 0.25) is 5.15 Å². The van der Waals surface area contributed by atoms with Gasteiger partial charge in [0.05, 0.1) is 17.1 Å². The van der Waals surface area contributed by atoms with Crippen molar-refractivity contribution in [3.05, 3.63) is 86.7 Å². The topological polar surface area (TPSA) is 99.6 Å². The summed E-state index contributed by atoms with van der Waals surface area (Å²) in [5.74, 6) is 1.17. The molecule has 33 heavy (non-hydrogen) atoms. The van der Waals surface area contributed by atoms with Gasteiger partial charge in [0.15, 0.2) is 11.3 Å². The molecule has 5 rings (SSSR count). The molecular formula is C25H22ClN5O2. The third kappa shape index (κ3) is 3.81. The summed E-state index contributed by atoms with van der Waals surface area (Å²) in [6, 6.07) is 17.0. The first-order valence-electron chi connectivity index (χ1n) is 10.6. The van der Waals surface area contributed by atoms with Gasteiger partial charge in [-0.15, -0.1) is 5.10 Å². The molecule has 3 heterocycles. The summed E-state index contributed by atoms with van der Waals surface area (Å²) in [4.78, 5) is 17.7. The van der Waals surface area contributed by atoms with Gasteiger partial charge in [-0.3, -0.25) is 9.89 Å². The summed E-state index contributed by atoms with van der Waals surface area (Å²) < 4.78 is 6.41. The zero-order valence-corrected chi connectivity index (χ0v) is 19.1. The molecule has 0 radical (unpaired) electrons. The van der Waals surface area contributed by atoms with Crippen molar-refractivity contribution < 1.29 is 4.42 Å². The summed E-state index contributed by atoms with van der Waals surface area (Å²) >= 11 is 6.11. The lowest BCUT2D eigenvalue weighted by Crippen LogP contribution is -2.13. The van der Waals surface area contributed by atoms with Crippen LogP contribution in [0.4, 0.5) is 5.69 Å². The number of benzene rings is 2. The Morgan fingerprint density at radius 3 is 2.55 bits per heavy atom. The van der Waals surface area contributed by atoms with Crippen LogP contribution in [0, 0.1) is 13.8 Å². The minimum absolute atomic E-state index is 0.0276. The number of fused-ring (bicyclic) bond motifs is 1. The summed E-state index contributed by atoms with van der Waals surface area (Å²) in [5, 5.41) is 14.0. The Hall–Kier alpha value is -3.84. The third-order valence-corrected chi connectivity index (χ3v) is 5.90. The number of H-pyrrole nitrogens is 2. The predicted octanol–water partition coefficient (Wildman–Crippen LogP) is 6.02. The quantitative estimate of drug-likeness (QED) is 0.279. The molecule has 0 spiro atoms. The van der Waals surface area contributed by atoms with Gasteiger partial charge in [-0.2, -0.15) is 0 Å². The normalized spacial score (nSPS) is 12.2. The molecule has 0 fully saturated rings. The SMILES string of the molecule is Cc1cc([C@@H](C)Nc2ccc(Cl)nc2-c2n[nH][nH]2)c2oc(-c3ccccc3)c(C)c(=O)c2c1. The number of aromatic amines is 2. The zero-order valence-electron chi connectivity index (χ0n) is 18.4. The molecule has 0 saturated heterocycles. The fourth-order valence-electron chi connectivity index (χ4n) is 4.02. The Morgan fingerprint density at radius 1 is 1.09 bits per heavy atom. The number of hydrogen-bond acceptors (Lipinski definition) is 5. The number of halogens is 1. The van der Waals surface area contributed by atoms with Crippen LogP contribution in [0.15, 0.2) is 63.8 Å². The van der Waals surface area contributed by atoms with Gasteiger partial charge in [-0.25, -0.2) is 10.2 Å². The maximum Gasteiger partial charge on any atom is 0.196 e. The lowest BCUT2D eigenvalue weighted by Gasteiger charge is -2.20. The number of rotatable bonds is 5. The smallest absolute Gasteiger partial charge is 0.196 e. The molecule has 0 bridgehead atoms. The van der Waals surface area contributed by atoms with E-state index >= 15 is 0 Å². The molecule has 0 saturated carbocycles. The molecule has 3 N–H and O–H groups in total. The molecular weight excluding hydrogens is 438 g/mol. The lowest BCUT2D eigenvalue weighted by atomic mass is 9.98. The van der Waals surface area contributed by atoms with Crippen LogP contribution in [0.3, 0.4) is 0 Å². The first kappa shape index (κ1) is 21.0. The van der Waals surface area contributed by atoms with Crippen molar-refractivity contribution in [2.45, 2.75) is 26.8 Å². The molecule has 0 aliphatic heterocycles. The monoisotopic (exact) mass is 459 g/mol. The van der Waals surface area contributed by atoms with Gasteiger partial charge in [-0.05, 0) is 44.5 Å². The van der Waals surface area contributed by atoms with Crippen molar-refractivity contribution >= 4 is 28.3 Å². The van der Waals surface area contributed by atoms with E-state index in [9.17, 15) is 4.79 Å². The van der Waals surface area contributed by atoms with Crippen molar-refractivity contribution in [1.29, 1.82) is 0 Å². The van der Waals surface area contributed by atoms with Gasteiger partial charge in [-0.1, -0.05) is 48.0 Å². The summed E-state index contributed by atoms with van der Waals surface area (Å²) in [7, 11) is 0. The average molecular weight is 460 g/mol. The van der Waals surface area contributed by atoms with Crippen LogP contribution in [-0.2, 0) is 0 Å². The maximum absolute atomic E-state index is 13.3. The number of aryl methyl sites for hydroxylation is 1. The zero-order chi connectivity index (χ0) is 23.1. The number of nitrogens with zero attached hydrogens (tertiary/aromatic N) is 2. The maximum atomic E-state index is 13.3. The van der Waals surface area contributed by atoms with Crippen LogP contribution < -0.4 is 10.7 Å². The number of aromatic nitrogens is 4. The van der Waals surface area contributed by atoms with Gasteiger partial charge in [0.1, 0.15) is 22.2 Å². The van der Waals surface area contributed by atoms with E-state index in [2.05, 4.69) is 25.7 Å². The Morgan fingerprint density at radius 2 is 1.85 bits per heavy atom. The fraction of sp³-hybridized carbons (Fsp3) is 0.160. The second kappa shape index (κ2) is 8.26. The summed E-state index contributed by atoms with van der Waals surface area (Å²) in [6.07, 6.45) is 0. The highest BCUT2D eigenvalue weighted by atomic mass is 35.5. The van der Waals surface area contributed by atoms with Crippen LogP contribution >= 0.6 is 11.6 Å². The van der Waals surface area contributed by atoms with Crippen molar-refractivity contribution in [2.75, 3.05) is 5.32 Å². The minimum Gasteiger partial charge on any atom is -0.455 e. The first-order chi connectivity index (χ1) is 15.9. The first-order valence-corrected chi connectivity index (χ1v) is 11.0. The molecule has 3 aromatic heterocycles. The Labute approximate surface area is 194 Å². The minimum atomic E-state index is -0.197. The van der Waals surface area contributed by atoms with E-state index in [-0.39, 0.29) is 11.5 Å². The molecule has 0 aliphatic rings. The van der Waals surface area contributed by atoms with E-state index in [4.69, 9.17) is 16.0 Å². The fourth-order valence-corrected chi connectivity index (χ4v) is 4.17. The van der Waals surface area contributed by atoms with Gasteiger partial charge in [0.2, 0.25) is 0 Å². The van der Waals surface area contributed by atoms with E-state index < -0.39 is 0 Å². The second-order valence-electron chi connectivity index (χ2n) is 8.08. The van der Waals surface area contributed by atoms with Crippen molar-refractivity contribution in [3.8, 4) is 22.8 Å². The Kier molecular flexibility index (Phi) is 5.26. The molecule has 8 heteroatoms. The van der Waals surface area contributed by atoms with E-state index in [1.807, 2.05) is 69.3 Å². The molecule has 7 nitrogen and oxygen atoms in total. The molecule has 0 aliphatic carbocycles. The van der Waals surface area contributed by atoms with E-state index in [1.54, 1.807) is 6.07 Å². The van der Waals surface area contributed by atoms with Gasteiger partial charge >= 0.3 is 0 Å². The largest absolute Gasteiger partial charge is 0.455 e. The molecule has 5 aromatic rings. The Balaban J connectivity index is 1.65. The van der Waals surface area contributed by atoms with Gasteiger partial charge in [0.25, 0.3) is 0 Å². The van der Waals surface area contributed by atoms with Crippen molar-refractivity contribution in [1.82, 2.24) is 20.4 Å². The van der Waals surface area contributed by atoms with Gasteiger partial charge < -0.3 is 9.73 Å². The molecule has 2 aromatic carbocycles.